The molecule has 2 aromatic heterocycles. The van der Waals surface area contributed by atoms with E-state index < -0.39 is 5.56 Å². The monoisotopic (exact) mass is 319 g/mol. The minimum Gasteiger partial charge on any atom is -0.493 e. The van der Waals surface area contributed by atoms with Crippen molar-refractivity contribution in [1.82, 2.24) is 15.0 Å². The maximum Gasteiger partial charge on any atom is 0.263 e. The number of benzene rings is 1. The van der Waals surface area contributed by atoms with E-state index in [0.717, 1.165) is 5.56 Å². The fourth-order valence-electron chi connectivity index (χ4n) is 1.91. The van der Waals surface area contributed by atoms with Gasteiger partial charge >= 0.3 is 0 Å². The highest BCUT2D eigenvalue weighted by Gasteiger charge is 2.15. The number of hydrogen-bond acceptors (Lipinski definition) is 5. The van der Waals surface area contributed by atoms with Crippen molar-refractivity contribution in [3.8, 4) is 27.8 Å². The molecule has 21 heavy (non-hydrogen) atoms. The van der Waals surface area contributed by atoms with Crippen LogP contribution in [0.5, 0.6) is 5.88 Å². The second-order valence-electron chi connectivity index (χ2n) is 4.45. The van der Waals surface area contributed by atoms with Gasteiger partial charge in [0, 0.05) is 0 Å². The number of aromatic amines is 1. The Bertz CT molecular complexity index is 855. The Labute approximate surface area is 128 Å². The molecule has 0 saturated heterocycles. The Kier molecular flexibility index (Phi) is 3.48. The van der Waals surface area contributed by atoms with E-state index in [1.54, 1.807) is 12.1 Å². The lowest BCUT2D eigenvalue weighted by Crippen LogP contribution is -2.12. The molecule has 106 valence electrons. The standard InChI is InChI=1S/C14H10ClN3O2S/c1-7-2-4-8(5-3-7)10-12(19)17-11(18-13(10)20)14-16-6-9(15)21-14/h2-6H,1H3,(H2,17,18,19,20). The maximum absolute atomic E-state index is 12.2. The topological polar surface area (TPSA) is 78.9 Å². The van der Waals surface area contributed by atoms with Crippen molar-refractivity contribution in [2.45, 2.75) is 6.92 Å². The molecule has 0 aliphatic carbocycles. The fraction of sp³-hybridized carbons (Fsp3) is 0.0714. The number of H-pyrrole nitrogens is 1. The summed E-state index contributed by atoms with van der Waals surface area (Å²) < 4.78 is 0.481. The van der Waals surface area contributed by atoms with Gasteiger partial charge in [0.15, 0.2) is 10.8 Å². The first-order valence-corrected chi connectivity index (χ1v) is 7.26. The van der Waals surface area contributed by atoms with Gasteiger partial charge in [0.2, 0.25) is 5.88 Å². The summed E-state index contributed by atoms with van der Waals surface area (Å²) in [6.45, 7) is 1.95. The molecule has 0 fully saturated rings. The lowest BCUT2D eigenvalue weighted by atomic mass is 10.1. The number of hydrogen-bond donors (Lipinski definition) is 2. The van der Waals surface area contributed by atoms with E-state index in [9.17, 15) is 9.90 Å². The number of rotatable bonds is 2. The zero-order valence-electron chi connectivity index (χ0n) is 10.9. The lowest BCUT2D eigenvalue weighted by Gasteiger charge is -2.05. The van der Waals surface area contributed by atoms with Gasteiger partial charge in [-0.1, -0.05) is 52.8 Å². The predicted octanol–water partition coefficient (Wildman–Crippen LogP) is 3.23. The molecule has 3 aromatic rings. The average Bonchev–Trinajstić information content (AvgIpc) is 2.87. The average molecular weight is 320 g/mol. The zero-order valence-corrected chi connectivity index (χ0v) is 12.5. The molecular weight excluding hydrogens is 310 g/mol. The second kappa shape index (κ2) is 5.31. The molecule has 0 radical (unpaired) electrons. The third-order valence-electron chi connectivity index (χ3n) is 2.92. The molecule has 0 amide bonds. The predicted molar refractivity (Wildman–Crippen MR) is 82.8 cm³/mol. The molecule has 2 heterocycles. The van der Waals surface area contributed by atoms with Crippen molar-refractivity contribution in [3.05, 3.63) is 50.7 Å². The third kappa shape index (κ3) is 2.68. The van der Waals surface area contributed by atoms with Gasteiger partial charge in [-0.2, -0.15) is 4.98 Å². The number of aromatic hydroxyl groups is 1. The summed E-state index contributed by atoms with van der Waals surface area (Å²) in [4.78, 5) is 22.9. The van der Waals surface area contributed by atoms with Crippen LogP contribution in [-0.2, 0) is 0 Å². The van der Waals surface area contributed by atoms with Crippen molar-refractivity contribution in [3.63, 3.8) is 0 Å². The highest BCUT2D eigenvalue weighted by atomic mass is 35.5. The Balaban J connectivity index is 2.12. The van der Waals surface area contributed by atoms with Crippen molar-refractivity contribution in [2.24, 2.45) is 0 Å². The van der Waals surface area contributed by atoms with Crippen LogP contribution in [0.25, 0.3) is 22.0 Å². The zero-order chi connectivity index (χ0) is 15.0. The summed E-state index contributed by atoms with van der Waals surface area (Å²) >= 11 is 6.98. The Hall–Kier alpha value is -2.18. The summed E-state index contributed by atoms with van der Waals surface area (Å²) in [5.74, 6) is -0.130. The normalized spacial score (nSPS) is 10.8. The van der Waals surface area contributed by atoms with Gasteiger partial charge in [0.25, 0.3) is 5.56 Å². The molecule has 7 heteroatoms. The van der Waals surface area contributed by atoms with Crippen LogP contribution in [0, 0.1) is 6.92 Å². The smallest absolute Gasteiger partial charge is 0.263 e. The highest BCUT2D eigenvalue weighted by Crippen LogP contribution is 2.29. The first kappa shape index (κ1) is 13.8. The highest BCUT2D eigenvalue weighted by molar-refractivity contribution is 7.18. The summed E-state index contributed by atoms with van der Waals surface area (Å²) in [5, 5.41) is 10.5. The van der Waals surface area contributed by atoms with Crippen molar-refractivity contribution < 1.29 is 5.11 Å². The van der Waals surface area contributed by atoms with Crippen LogP contribution in [-0.4, -0.2) is 20.1 Å². The van der Waals surface area contributed by atoms with Gasteiger partial charge in [-0.05, 0) is 12.5 Å². The van der Waals surface area contributed by atoms with E-state index in [1.165, 1.54) is 17.5 Å². The summed E-state index contributed by atoms with van der Waals surface area (Å²) in [7, 11) is 0. The molecule has 0 aliphatic rings. The van der Waals surface area contributed by atoms with Crippen LogP contribution in [0.1, 0.15) is 5.56 Å². The van der Waals surface area contributed by atoms with Crippen LogP contribution < -0.4 is 5.56 Å². The molecule has 3 rings (SSSR count). The molecular formula is C14H10ClN3O2S. The quantitative estimate of drug-likeness (QED) is 0.760. The van der Waals surface area contributed by atoms with E-state index in [0.29, 0.717) is 14.9 Å². The number of nitrogens with one attached hydrogen (secondary N) is 1. The van der Waals surface area contributed by atoms with Gasteiger partial charge in [-0.3, -0.25) is 4.79 Å². The van der Waals surface area contributed by atoms with Crippen molar-refractivity contribution >= 4 is 22.9 Å². The fourth-order valence-corrected chi connectivity index (χ4v) is 2.76. The van der Waals surface area contributed by atoms with Gasteiger partial charge < -0.3 is 10.1 Å². The Morgan fingerprint density at radius 3 is 2.57 bits per heavy atom. The lowest BCUT2D eigenvalue weighted by molar-refractivity contribution is 0.454. The Morgan fingerprint density at radius 1 is 1.29 bits per heavy atom. The molecule has 0 bridgehead atoms. The van der Waals surface area contributed by atoms with E-state index in [1.807, 2.05) is 19.1 Å². The van der Waals surface area contributed by atoms with Gasteiger partial charge in [0.1, 0.15) is 9.90 Å². The summed E-state index contributed by atoms with van der Waals surface area (Å²) in [6, 6.07) is 7.26. The van der Waals surface area contributed by atoms with Gasteiger partial charge in [-0.15, -0.1) is 0 Å². The first-order chi connectivity index (χ1) is 10.0. The number of nitrogens with zero attached hydrogens (tertiary/aromatic N) is 2. The number of thiazole rings is 1. The number of aromatic nitrogens is 3. The van der Waals surface area contributed by atoms with Crippen LogP contribution >= 0.6 is 22.9 Å². The molecule has 0 aliphatic heterocycles. The van der Waals surface area contributed by atoms with E-state index in [-0.39, 0.29) is 17.3 Å². The molecule has 0 saturated carbocycles. The molecule has 2 N–H and O–H groups in total. The Morgan fingerprint density at radius 2 is 2.00 bits per heavy atom. The largest absolute Gasteiger partial charge is 0.493 e. The molecule has 0 unspecified atom stereocenters. The molecule has 0 spiro atoms. The minimum absolute atomic E-state index is 0.140. The van der Waals surface area contributed by atoms with Gasteiger partial charge in [-0.25, -0.2) is 4.98 Å². The number of aryl methyl sites for hydroxylation is 1. The molecule has 0 atom stereocenters. The third-order valence-corrected chi connectivity index (χ3v) is 4.04. The van der Waals surface area contributed by atoms with E-state index in [2.05, 4.69) is 15.0 Å². The van der Waals surface area contributed by atoms with Crippen LogP contribution in [0.3, 0.4) is 0 Å². The molecule has 5 nitrogen and oxygen atoms in total. The second-order valence-corrected chi connectivity index (χ2v) is 6.11. The molecule has 1 aromatic carbocycles. The van der Waals surface area contributed by atoms with Crippen molar-refractivity contribution in [1.29, 1.82) is 0 Å². The van der Waals surface area contributed by atoms with E-state index >= 15 is 0 Å². The number of halogens is 1. The van der Waals surface area contributed by atoms with Gasteiger partial charge in [0.05, 0.1) is 6.20 Å². The van der Waals surface area contributed by atoms with Crippen LogP contribution in [0.15, 0.2) is 35.3 Å². The van der Waals surface area contributed by atoms with E-state index in [4.69, 9.17) is 11.6 Å². The minimum atomic E-state index is -0.423. The SMILES string of the molecule is Cc1ccc(-c2c(O)nc(-c3ncc(Cl)s3)[nH]c2=O)cc1. The maximum atomic E-state index is 12.2. The van der Waals surface area contributed by atoms with Crippen LogP contribution in [0.2, 0.25) is 4.34 Å². The first-order valence-electron chi connectivity index (χ1n) is 6.06. The van der Waals surface area contributed by atoms with Crippen LogP contribution in [0.4, 0.5) is 0 Å². The van der Waals surface area contributed by atoms with Crippen molar-refractivity contribution in [2.75, 3.05) is 0 Å². The summed E-state index contributed by atoms with van der Waals surface area (Å²) in [5.41, 5.74) is 1.39. The summed E-state index contributed by atoms with van der Waals surface area (Å²) in [6.07, 6.45) is 1.46.